The van der Waals surface area contributed by atoms with Crippen LogP contribution in [0, 0.1) is 18.1 Å². The zero-order valence-electron chi connectivity index (χ0n) is 11.1. The van der Waals surface area contributed by atoms with Crippen LogP contribution in [0.4, 0.5) is 0 Å². The number of hydrogen-bond donors (Lipinski definition) is 1. The van der Waals surface area contributed by atoms with Crippen LogP contribution in [0.25, 0.3) is 0 Å². The molecule has 0 atom stereocenters. The summed E-state index contributed by atoms with van der Waals surface area (Å²) in [6, 6.07) is 0. The molecular formula is C13H21NOY-2. The summed E-state index contributed by atoms with van der Waals surface area (Å²) >= 11 is 0. The molecule has 0 aromatic carbocycles. The molecule has 0 aliphatic rings. The van der Waals surface area contributed by atoms with Gasteiger partial charge in [-0.3, -0.25) is 5.70 Å². The summed E-state index contributed by atoms with van der Waals surface area (Å²) in [4.78, 5) is 11.5. The van der Waals surface area contributed by atoms with Gasteiger partial charge in [-0.25, -0.2) is 0 Å². The number of carbonyl (C=O) groups excluding carboxylic acids is 1. The molecule has 0 saturated carbocycles. The summed E-state index contributed by atoms with van der Waals surface area (Å²) in [6.45, 7) is 17.2. The molecule has 0 spiro atoms. The monoisotopic (exact) mass is 296 g/mol. The molecule has 0 rings (SSSR count). The maximum atomic E-state index is 11.5. The predicted molar refractivity (Wildman–Crippen MR) is 63.0 cm³/mol. The maximum Gasteiger partial charge on any atom is 0.0543 e. The number of nitrogens with one attached hydrogen (secondary N) is 1. The zero-order chi connectivity index (χ0) is 12.3. The van der Waals surface area contributed by atoms with E-state index in [0.717, 1.165) is 0 Å². The molecule has 89 valence electrons. The average molecular weight is 296 g/mol. The smallest absolute Gasteiger partial charge is 0.0543 e. The molecule has 0 aliphatic heterocycles. The second-order valence-corrected chi connectivity index (χ2v) is 5.70. The van der Waals surface area contributed by atoms with Crippen molar-refractivity contribution in [3.8, 4) is 0 Å². The Bertz CT molecular complexity index is 279. The van der Waals surface area contributed by atoms with Gasteiger partial charge in [-0.1, -0.05) is 20.8 Å². The molecule has 0 fully saturated rings. The third-order valence-corrected chi connectivity index (χ3v) is 1.56. The van der Waals surface area contributed by atoms with Gasteiger partial charge in [0, 0.05) is 43.7 Å². The van der Waals surface area contributed by atoms with Crippen LogP contribution in [0.3, 0.4) is 0 Å². The summed E-state index contributed by atoms with van der Waals surface area (Å²) in [5, 5.41) is 3.05. The standard InChI is InChI=1S/C13H21NO.Y/c1-10(14-13(5,6)7)8-9-11(15)12(2,3)4;/h1,8,14H,2-7H3;/q-2;. The third-order valence-electron chi connectivity index (χ3n) is 1.56. The van der Waals surface area contributed by atoms with Crippen molar-refractivity contribution in [2.45, 2.75) is 47.1 Å². The molecule has 1 N–H and O–H groups in total. The zero-order valence-corrected chi connectivity index (χ0v) is 14.0. The van der Waals surface area contributed by atoms with Gasteiger partial charge < -0.3 is 28.8 Å². The number of carbonyl (C=O) groups is 1. The molecule has 16 heavy (non-hydrogen) atoms. The van der Waals surface area contributed by atoms with Gasteiger partial charge in [0.25, 0.3) is 0 Å². The van der Waals surface area contributed by atoms with Crippen LogP contribution in [0.15, 0.2) is 11.8 Å². The fraction of sp³-hybridized carbons (Fsp3) is 0.615. The van der Waals surface area contributed by atoms with Crippen LogP contribution in [-0.2, 0) is 37.5 Å². The minimum Gasteiger partial charge on any atom is -0.492 e. The van der Waals surface area contributed by atoms with E-state index in [1.807, 2.05) is 41.5 Å². The first-order valence-electron chi connectivity index (χ1n) is 5.07. The van der Waals surface area contributed by atoms with E-state index in [1.165, 1.54) is 6.08 Å². The van der Waals surface area contributed by atoms with Crippen molar-refractivity contribution in [2.24, 2.45) is 5.41 Å². The largest absolute Gasteiger partial charge is 0.492 e. The minimum atomic E-state index is -0.404. The summed E-state index contributed by atoms with van der Waals surface area (Å²) < 4.78 is 0. The van der Waals surface area contributed by atoms with E-state index in [1.54, 1.807) is 0 Å². The normalized spacial score (nSPS) is 12.1. The first-order chi connectivity index (χ1) is 6.52. The Morgan fingerprint density at radius 2 is 1.62 bits per heavy atom. The first-order valence-corrected chi connectivity index (χ1v) is 5.07. The predicted octanol–water partition coefficient (Wildman–Crippen LogP) is 2.66. The number of hydrogen-bond acceptors (Lipinski definition) is 2. The number of Topliss-reactive ketones (excluding diaryl/α,β-unsaturated/α-hetero) is 1. The van der Waals surface area contributed by atoms with Gasteiger partial charge in [-0.2, -0.15) is 0 Å². The van der Waals surface area contributed by atoms with E-state index >= 15 is 0 Å². The summed E-state index contributed by atoms with van der Waals surface area (Å²) in [5.74, 6) is -0.0545. The Kier molecular flexibility index (Phi) is 7.72. The van der Waals surface area contributed by atoms with E-state index in [9.17, 15) is 4.79 Å². The number of rotatable bonds is 3. The van der Waals surface area contributed by atoms with Crippen molar-refractivity contribution in [1.29, 1.82) is 0 Å². The average Bonchev–Trinajstić information content (AvgIpc) is 1.94. The molecule has 2 nitrogen and oxygen atoms in total. The van der Waals surface area contributed by atoms with E-state index < -0.39 is 5.41 Å². The topological polar surface area (TPSA) is 29.1 Å². The minimum absolute atomic E-state index is 0. The molecule has 0 saturated heterocycles. The Hall–Kier alpha value is 0.0539. The molecule has 0 amide bonds. The number of ketones is 1. The molecule has 1 radical (unpaired) electrons. The van der Waals surface area contributed by atoms with Gasteiger partial charge in [-0.15, -0.1) is 0 Å². The molecule has 0 heterocycles. The van der Waals surface area contributed by atoms with Crippen LogP contribution in [0.2, 0.25) is 0 Å². The molecular weight excluding hydrogens is 275 g/mol. The third kappa shape index (κ3) is 9.29. The van der Waals surface area contributed by atoms with Gasteiger partial charge in [0.2, 0.25) is 0 Å². The van der Waals surface area contributed by atoms with Crippen molar-refractivity contribution in [3.63, 3.8) is 0 Å². The van der Waals surface area contributed by atoms with E-state index in [-0.39, 0.29) is 44.0 Å². The van der Waals surface area contributed by atoms with Crippen LogP contribution in [-0.4, -0.2) is 11.3 Å². The SMILES string of the molecule is [CH-]=C(C=[C-]C(=O)C(C)(C)C)NC(C)(C)C.[Y]. The fourth-order valence-electron chi connectivity index (χ4n) is 0.829. The summed E-state index contributed by atoms with van der Waals surface area (Å²) in [6.07, 6.45) is 4.16. The van der Waals surface area contributed by atoms with Crippen molar-refractivity contribution in [1.82, 2.24) is 5.32 Å². The van der Waals surface area contributed by atoms with Crippen LogP contribution < -0.4 is 5.32 Å². The van der Waals surface area contributed by atoms with Crippen molar-refractivity contribution in [3.05, 3.63) is 24.4 Å². The molecule has 3 heteroatoms. The number of allylic oxidation sites excluding steroid dienone is 2. The van der Waals surface area contributed by atoms with Gasteiger partial charge in [0.1, 0.15) is 0 Å². The Balaban J connectivity index is 0. The Morgan fingerprint density at radius 1 is 1.19 bits per heavy atom. The van der Waals surface area contributed by atoms with Crippen molar-refractivity contribution >= 4 is 5.78 Å². The van der Waals surface area contributed by atoms with Crippen molar-refractivity contribution < 1.29 is 37.5 Å². The van der Waals surface area contributed by atoms with Crippen LogP contribution >= 0.6 is 0 Å². The molecule has 0 bridgehead atoms. The van der Waals surface area contributed by atoms with E-state index in [0.29, 0.717) is 5.70 Å². The van der Waals surface area contributed by atoms with Gasteiger partial charge in [0.05, 0.1) is 5.78 Å². The van der Waals surface area contributed by atoms with Crippen molar-refractivity contribution in [2.75, 3.05) is 0 Å². The van der Waals surface area contributed by atoms with Gasteiger partial charge >= 0.3 is 0 Å². The van der Waals surface area contributed by atoms with E-state index in [2.05, 4.69) is 11.4 Å². The second-order valence-electron chi connectivity index (χ2n) is 5.70. The maximum absolute atomic E-state index is 11.5. The summed E-state index contributed by atoms with van der Waals surface area (Å²) in [5.41, 5.74) is -0.0500. The summed E-state index contributed by atoms with van der Waals surface area (Å²) in [7, 11) is 0. The van der Waals surface area contributed by atoms with Crippen LogP contribution in [0.5, 0.6) is 0 Å². The molecule has 0 unspecified atom stereocenters. The first kappa shape index (κ1) is 18.4. The van der Waals surface area contributed by atoms with Gasteiger partial charge in [0.15, 0.2) is 0 Å². The molecule has 0 aliphatic carbocycles. The van der Waals surface area contributed by atoms with E-state index in [4.69, 9.17) is 6.58 Å². The van der Waals surface area contributed by atoms with Crippen LogP contribution in [0.1, 0.15) is 41.5 Å². The second kappa shape index (κ2) is 6.71. The molecule has 0 aromatic rings. The Morgan fingerprint density at radius 3 is 1.94 bits per heavy atom. The van der Waals surface area contributed by atoms with Gasteiger partial charge in [-0.05, 0) is 20.8 Å². The fourth-order valence-corrected chi connectivity index (χ4v) is 0.829. The quantitative estimate of drug-likeness (QED) is 0.493. The Labute approximate surface area is 125 Å². The molecule has 0 aromatic heterocycles.